The lowest BCUT2D eigenvalue weighted by Crippen LogP contribution is -2.48. The minimum absolute atomic E-state index is 0.155. The third-order valence-electron chi connectivity index (χ3n) is 5.45. The molecule has 0 spiro atoms. The monoisotopic (exact) mass is 425 g/mol. The molecule has 2 amide bonds. The molecule has 9 nitrogen and oxygen atoms in total. The van der Waals surface area contributed by atoms with Gasteiger partial charge in [0.25, 0.3) is 0 Å². The van der Waals surface area contributed by atoms with Crippen LogP contribution in [0.4, 0.5) is 19.7 Å². The quantitative estimate of drug-likeness (QED) is 0.398. The van der Waals surface area contributed by atoms with Gasteiger partial charge in [-0.3, -0.25) is 4.90 Å². The molecular weight excluding hydrogens is 405 g/mol. The number of halogens is 1. The minimum Gasteiger partial charge on any atom is -0.445 e. The lowest BCUT2D eigenvalue weighted by atomic mass is 9.91. The molecule has 2 heterocycles. The Labute approximate surface area is 177 Å². The number of carbonyl (C=O) groups is 2. The van der Waals surface area contributed by atoms with Crippen molar-refractivity contribution >= 4 is 17.9 Å². The second-order valence-electron chi connectivity index (χ2n) is 7.44. The number of rotatable bonds is 5. The van der Waals surface area contributed by atoms with E-state index in [2.05, 4.69) is 10.0 Å². The lowest BCUT2D eigenvalue weighted by Gasteiger charge is -2.38. The molecule has 0 radical (unpaired) electrons. The van der Waals surface area contributed by atoms with Gasteiger partial charge in [0.15, 0.2) is 0 Å². The highest BCUT2D eigenvalue weighted by Gasteiger charge is 2.40. The molecule has 0 aliphatic carbocycles. The van der Waals surface area contributed by atoms with E-state index in [9.17, 15) is 14.0 Å². The van der Waals surface area contributed by atoms with Crippen LogP contribution in [-0.4, -0.2) is 42.4 Å². The van der Waals surface area contributed by atoms with Gasteiger partial charge in [0.1, 0.15) is 12.4 Å². The van der Waals surface area contributed by atoms with Gasteiger partial charge in [-0.15, -0.1) is 0 Å². The van der Waals surface area contributed by atoms with E-state index >= 15 is 0 Å². The largest absolute Gasteiger partial charge is 0.445 e. The molecule has 0 N–H and O–H groups in total. The molecule has 10 heteroatoms. The molecule has 2 aliphatic heterocycles. The van der Waals surface area contributed by atoms with E-state index in [1.54, 1.807) is 19.1 Å². The van der Waals surface area contributed by atoms with Crippen molar-refractivity contribution in [3.63, 3.8) is 0 Å². The molecule has 2 fully saturated rings. The topological polar surface area (TPSA) is 108 Å². The maximum atomic E-state index is 14.8. The predicted molar refractivity (Wildman–Crippen MR) is 109 cm³/mol. The zero-order valence-corrected chi connectivity index (χ0v) is 16.7. The number of ether oxygens (including phenoxy) is 2. The smallest absolute Gasteiger partial charge is 0.415 e. The van der Waals surface area contributed by atoms with E-state index in [-0.39, 0.29) is 12.5 Å². The Morgan fingerprint density at radius 1 is 1.29 bits per heavy atom. The van der Waals surface area contributed by atoms with E-state index < -0.39 is 30.3 Å². The molecule has 0 aromatic heterocycles. The van der Waals surface area contributed by atoms with Gasteiger partial charge in [0.2, 0.25) is 6.23 Å². The lowest BCUT2D eigenvalue weighted by molar-refractivity contribution is 0.0658. The Balaban J connectivity index is 1.36. The summed E-state index contributed by atoms with van der Waals surface area (Å²) in [5.41, 5.74) is 10.2. The van der Waals surface area contributed by atoms with Crippen LogP contribution in [0.15, 0.2) is 53.6 Å². The fraction of sp³-hybridized carbons (Fsp3) is 0.333. The molecule has 2 atom stereocenters. The summed E-state index contributed by atoms with van der Waals surface area (Å²) in [4.78, 5) is 29.7. The molecule has 2 aromatic carbocycles. The van der Waals surface area contributed by atoms with Crippen molar-refractivity contribution in [3.8, 4) is 0 Å². The fourth-order valence-corrected chi connectivity index (χ4v) is 3.70. The highest BCUT2D eigenvalue weighted by Crippen LogP contribution is 2.34. The number of likely N-dealkylation sites (tertiary alicyclic amines) is 1. The van der Waals surface area contributed by atoms with Crippen LogP contribution in [0.3, 0.4) is 0 Å². The number of azide groups is 1. The first-order chi connectivity index (χ1) is 15.0. The summed E-state index contributed by atoms with van der Waals surface area (Å²) < 4.78 is 25.1. The zero-order valence-electron chi connectivity index (χ0n) is 16.7. The summed E-state index contributed by atoms with van der Waals surface area (Å²) in [5, 5.41) is 3.43. The number of hydrogen-bond acceptors (Lipinski definition) is 5. The van der Waals surface area contributed by atoms with E-state index in [0.29, 0.717) is 24.3 Å². The first kappa shape index (κ1) is 20.5. The molecular formula is C21H20FN5O4. The van der Waals surface area contributed by atoms with Crippen molar-refractivity contribution in [1.82, 2.24) is 4.90 Å². The van der Waals surface area contributed by atoms with Crippen LogP contribution in [0.1, 0.15) is 24.0 Å². The van der Waals surface area contributed by atoms with E-state index in [1.807, 2.05) is 30.3 Å². The first-order valence-electron chi connectivity index (χ1n) is 9.77. The van der Waals surface area contributed by atoms with Gasteiger partial charge >= 0.3 is 12.2 Å². The van der Waals surface area contributed by atoms with Crippen molar-refractivity contribution in [3.05, 3.63) is 75.9 Å². The highest BCUT2D eigenvalue weighted by atomic mass is 19.1. The van der Waals surface area contributed by atoms with E-state index in [0.717, 1.165) is 5.56 Å². The Morgan fingerprint density at radius 2 is 2.03 bits per heavy atom. The number of hydrogen-bond donors (Lipinski definition) is 0. The van der Waals surface area contributed by atoms with Crippen molar-refractivity contribution in [1.29, 1.82) is 0 Å². The van der Waals surface area contributed by atoms with Crippen molar-refractivity contribution in [2.45, 2.75) is 31.7 Å². The Hall–Kier alpha value is -3.78. The Morgan fingerprint density at radius 3 is 2.71 bits per heavy atom. The third kappa shape index (κ3) is 4.10. The first-order valence-corrected chi connectivity index (χ1v) is 9.77. The normalized spacial score (nSPS) is 20.6. The van der Waals surface area contributed by atoms with Crippen molar-refractivity contribution in [2.75, 3.05) is 18.0 Å². The van der Waals surface area contributed by atoms with Crippen LogP contribution in [-0.2, 0) is 16.1 Å². The van der Waals surface area contributed by atoms with Crippen LogP contribution >= 0.6 is 0 Å². The molecule has 2 unspecified atom stereocenters. The third-order valence-corrected chi connectivity index (χ3v) is 5.45. The summed E-state index contributed by atoms with van der Waals surface area (Å²) in [5.74, 6) is -0.635. The summed E-state index contributed by atoms with van der Waals surface area (Å²) in [6.45, 7) is 2.54. The fourth-order valence-electron chi connectivity index (χ4n) is 3.70. The number of cyclic esters (lactones) is 1. The number of benzene rings is 2. The molecule has 2 aromatic rings. The second-order valence-corrected chi connectivity index (χ2v) is 7.44. The van der Waals surface area contributed by atoms with Crippen molar-refractivity contribution < 1.29 is 23.5 Å². The predicted octanol–water partition coefficient (Wildman–Crippen LogP) is 4.54. The van der Waals surface area contributed by atoms with Gasteiger partial charge in [-0.1, -0.05) is 36.4 Å². The summed E-state index contributed by atoms with van der Waals surface area (Å²) in [6.07, 6.45) is -2.11. The molecule has 0 saturated carbocycles. The summed E-state index contributed by atoms with van der Waals surface area (Å²) in [6, 6.07) is 13.3. The number of amides is 2. The van der Waals surface area contributed by atoms with Crippen LogP contribution < -0.4 is 4.90 Å². The van der Waals surface area contributed by atoms with Gasteiger partial charge in [0.05, 0.1) is 11.7 Å². The minimum atomic E-state index is -0.970. The number of anilines is 1. The SMILES string of the molecule is CC1C(N=[N+]=[N-])OC(=O)N1c1ccc(C2CN(C(=O)OCc3ccccc3)C2)c(F)c1. The summed E-state index contributed by atoms with van der Waals surface area (Å²) in [7, 11) is 0. The van der Waals surface area contributed by atoms with Crippen LogP contribution in [0.25, 0.3) is 10.4 Å². The molecule has 0 bridgehead atoms. The number of nitrogens with zero attached hydrogens (tertiary/aromatic N) is 5. The maximum absolute atomic E-state index is 14.8. The number of carbonyl (C=O) groups excluding carboxylic acids is 2. The van der Waals surface area contributed by atoms with E-state index in [1.165, 1.54) is 15.9 Å². The average molecular weight is 425 g/mol. The molecule has 160 valence electrons. The Bertz CT molecular complexity index is 1040. The molecule has 31 heavy (non-hydrogen) atoms. The van der Waals surface area contributed by atoms with Gasteiger partial charge in [-0.05, 0) is 40.8 Å². The summed E-state index contributed by atoms with van der Waals surface area (Å²) >= 11 is 0. The van der Waals surface area contributed by atoms with Crippen LogP contribution in [0.2, 0.25) is 0 Å². The van der Waals surface area contributed by atoms with Crippen LogP contribution in [0, 0.1) is 5.82 Å². The average Bonchev–Trinajstić information content (AvgIpc) is 3.00. The molecule has 2 saturated heterocycles. The Kier molecular flexibility index (Phi) is 5.64. The highest BCUT2D eigenvalue weighted by molar-refractivity contribution is 5.90. The molecule has 4 rings (SSSR count). The van der Waals surface area contributed by atoms with Crippen LogP contribution in [0.5, 0.6) is 0 Å². The zero-order chi connectivity index (χ0) is 22.0. The maximum Gasteiger partial charge on any atom is 0.415 e. The van der Waals surface area contributed by atoms with Crippen molar-refractivity contribution in [2.24, 2.45) is 5.11 Å². The standard InChI is InChI=1S/C21H20FN5O4/c1-13-19(24-25-23)31-21(29)27(13)16-7-8-17(18(22)9-16)15-10-26(11-15)20(28)30-12-14-5-3-2-4-6-14/h2-9,13,15,19H,10-12H2,1H3. The van der Waals surface area contributed by atoms with Gasteiger partial charge in [-0.2, -0.15) is 0 Å². The van der Waals surface area contributed by atoms with Gasteiger partial charge in [0, 0.05) is 23.9 Å². The van der Waals surface area contributed by atoms with E-state index in [4.69, 9.17) is 15.0 Å². The van der Waals surface area contributed by atoms with Gasteiger partial charge in [-0.25, -0.2) is 14.0 Å². The molecule has 2 aliphatic rings. The second kappa shape index (κ2) is 8.53. The van der Waals surface area contributed by atoms with Gasteiger partial charge < -0.3 is 14.4 Å².